The van der Waals surface area contributed by atoms with E-state index in [9.17, 15) is 13.6 Å². The van der Waals surface area contributed by atoms with Crippen LogP contribution in [0.1, 0.15) is 60.1 Å². The fourth-order valence-electron chi connectivity index (χ4n) is 7.18. The summed E-state index contributed by atoms with van der Waals surface area (Å²) in [5, 5.41) is 7.89. The third kappa shape index (κ3) is 4.11. The standard InChI is InChI=1S/C28H29F2N3O2/c1-17-7-8-24(35-27(29)30)23(9-17)31-26(34)22-16-33(21-5-3-2-4-6-21)32-25(22)28-13-18-10-19(14-28)12-20(11-18)15-28/h2-9,16,18-20,27H,10-15H2,1H3,(H,31,34). The molecule has 4 fully saturated rings. The molecule has 1 aromatic heterocycles. The van der Waals surface area contributed by atoms with Crippen molar-refractivity contribution in [3.05, 3.63) is 71.5 Å². The molecule has 182 valence electrons. The number of anilines is 1. The van der Waals surface area contributed by atoms with Gasteiger partial charge in [-0.05, 0) is 93.0 Å². The van der Waals surface area contributed by atoms with Crippen molar-refractivity contribution >= 4 is 11.6 Å². The van der Waals surface area contributed by atoms with E-state index in [4.69, 9.17) is 5.10 Å². The van der Waals surface area contributed by atoms with Gasteiger partial charge in [-0.2, -0.15) is 13.9 Å². The number of ether oxygens (including phenoxy) is 1. The molecule has 0 unspecified atom stereocenters. The van der Waals surface area contributed by atoms with Crippen LogP contribution in [-0.4, -0.2) is 22.3 Å². The zero-order chi connectivity index (χ0) is 24.2. The SMILES string of the molecule is Cc1ccc(OC(F)F)c(NC(=O)c2cn(-c3ccccc3)nc2C23CC4CC(CC(C4)C2)C3)c1. The summed E-state index contributed by atoms with van der Waals surface area (Å²) < 4.78 is 32.4. The Morgan fingerprint density at radius 1 is 1.06 bits per heavy atom. The Morgan fingerprint density at radius 2 is 1.71 bits per heavy atom. The molecule has 0 atom stereocenters. The van der Waals surface area contributed by atoms with Crippen LogP contribution in [0.5, 0.6) is 5.75 Å². The van der Waals surface area contributed by atoms with Crippen molar-refractivity contribution < 1.29 is 18.3 Å². The van der Waals surface area contributed by atoms with Crippen LogP contribution in [0.4, 0.5) is 14.5 Å². The third-order valence-corrected chi connectivity index (χ3v) is 8.12. The van der Waals surface area contributed by atoms with Gasteiger partial charge in [0, 0.05) is 11.6 Å². The summed E-state index contributed by atoms with van der Waals surface area (Å²) in [7, 11) is 0. The second-order valence-corrected chi connectivity index (χ2v) is 10.7. The summed E-state index contributed by atoms with van der Waals surface area (Å²) in [4.78, 5) is 13.7. The number of para-hydroxylation sites is 1. The molecule has 7 rings (SSSR count). The van der Waals surface area contributed by atoms with Crippen LogP contribution in [0.3, 0.4) is 0 Å². The summed E-state index contributed by atoms with van der Waals surface area (Å²) in [6.07, 6.45) is 8.86. The van der Waals surface area contributed by atoms with Gasteiger partial charge >= 0.3 is 6.61 Å². The van der Waals surface area contributed by atoms with Gasteiger partial charge in [0.1, 0.15) is 5.75 Å². The Hall–Kier alpha value is -3.22. The fraction of sp³-hybridized carbons (Fsp3) is 0.429. The van der Waals surface area contributed by atoms with Crippen LogP contribution in [0.2, 0.25) is 0 Å². The van der Waals surface area contributed by atoms with Crippen molar-refractivity contribution in [1.29, 1.82) is 0 Å². The normalized spacial score (nSPS) is 26.8. The van der Waals surface area contributed by atoms with Gasteiger partial charge in [-0.3, -0.25) is 4.79 Å². The van der Waals surface area contributed by atoms with Crippen LogP contribution in [-0.2, 0) is 5.41 Å². The third-order valence-electron chi connectivity index (χ3n) is 8.12. The lowest BCUT2D eigenvalue weighted by Crippen LogP contribution is -2.49. The maximum atomic E-state index is 13.7. The summed E-state index contributed by atoms with van der Waals surface area (Å²) in [5.74, 6) is 1.69. The Kier molecular flexibility index (Phi) is 5.38. The molecule has 35 heavy (non-hydrogen) atoms. The maximum absolute atomic E-state index is 13.7. The maximum Gasteiger partial charge on any atom is 0.387 e. The molecule has 3 aromatic rings. The smallest absolute Gasteiger partial charge is 0.387 e. The van der Waals surface area contributed by atoms with Crippen molar-refractivity contribution in [3.8, 4) is 11.4 Å². The number of carbonyl (C=O) groups is 1. The van der Waals surface area contributed by atoms with E-state index < -0.39 is 6.61 Å². The molecule has 7 heteroatoms. The van der Waals surface area contributed by atoms with Gasteiger partial charge in [0.25, 0.3) is 5.91 Å². The summed E-state index contributed by atoms with van der Waals surface area (Å²) in [6.45, 7) is -1.13. The first-order valence-corrected chi connectivity index (χ1v) is 12.4. The summed E-state index contributed by atoms with van der Waals surface area (Å²) >= 11 is 0. The molecule has 4 saturated carbocycles. The van der Waals surface area contributed by atoms with Gasteiger partial charge in [0.15, 0.2) is 0 Å². The first kappa shape index (κ1) is 22.3. The lowest BCUT2D eigenvalue weighted by atomic mass is 9.48. The molecule has 2 aromatic carbocycles. The molecule has 4 aliphatic rings. The quantitative estimate of drug-likeness (QED) is 0.441. The van der Waals surface area contributed by atoms with E-state index in [-0.39, 0.29) is 22.8 Å². The average molecular weight is 478 g/mol. The number of nitrogens with one attached hydrogen (secondary N) is 1. The number of halogens is 2. The van der Waals surface area contributed by atoms with Crippen molar-refractivity contribution in [1.82, 2.24) is 9.78 Å². The molecule has 1 amide bonds. The predicted octanol–water partition coefficient (Wildman–Crippen LogP) is 6.50. The Bertz CT molecular complexity index is 1220. The van der Waals surface area contributed by atoms with E-state index >= 15 is 0 Å². The van der Waals surface area contributed by atoms with Gasteiger partial charge in [-0.1, -0.05) is 24.3 Å². The number of hydrogen-bond donors (Lipinski definition) is 1. The number of aryl methyl sites for hydroxylation is 1. The van der Waals surface area contributed by atoms with Gasteiger partial charge in [0.2, 0.25) is 0 Å². The minimum Gasteiger partial charge on any atom is -0.433 e. The van der Waals surface area contributed by atoms with E-state index in [1.807, 2.05) is 37.3 Å². The molecule has 5 nitrogen and oxygen atoms in total. The van der Waals surface area contributed by atoms with Crippen molar-refractivity contribution in [2.45, 2.75) is 57.5 Å². The topological polar surface area (TPSA) is 56.1 Å². The number of aromatic nitrogens is 2. The molecule has 0 radical (unpaired) electrons. The highest BCUT2D eigenvalue weighted by Gasteiger charge is 2.54. The Morgan fingerprint density at radius 3 is 2.34 bits per heavy atom. The number of hydrogen-bond acceptors (Lipinski definition) is 3. The van der Waals surface area contributed by atoms with E-state index in [2.05, 4.69) is 10.1 Å². The Labute approximate surface area is 203 Å². The van der Waals surface area contributed by atoms with E-state index in [1.54, 1.807) is 23.0 Å². The largest absolute Gasteiger partial charge is 0.433 e. The van der Waals surface area contributed by atoms with Crippen LogP contribution in [0, 0.1) is 24.7 Å². The highest BCUT2D eigenvalue weighted by Crippen LogP contribution is 2.61. The first-order valence-electron chi connectivity index (χ1n) is 12.4. The minimum absolute atomic E-state index is 0.0502. The number of alkyl halides is 2. The van der Waals surface area contributed by atoms with Crippen molar-refractivity contribution in [2.24, 2.45) is 17.8 Å². The molecule has 0 aliphatic heterocycles. The van der Waals surface area contributed by atoms with Gasteiger partial charge < -0.3 is 10.1 Å². The molecular formula is C28H29F2N3O2. The molecule has 4 bridgehead atoms. The Balaban J connectivity index is 1.41. The number of benzene rings is 2. The van der Waals surface area contributed by atoms with E-state index in [0.29, 0.717) is 23.3 Å². The molecule has 0 saturated heterocycles. The van der Waals surface area contributed by atoms with E-state index in [1.165, 1.54) is 25.3 Å². The van der Waals surface area contributed by atoms with E-state index in [0.717, 1.165) is 36.2 Å². The molecular weight excluding hydrogens is 448 g/mol. The number of nitrogens with zero attached hydrogens (tertiary/aromatic N) is 2. The average Bonchev–Trinajstić information content (AvgIpc) is 3.27. The van der Waals surface area contributed by atoms with Crippen LogP contribution in [0.15, 0.2) is 54.7 Å². The van der Waals surface area contributed by atoms with Crippen LogP contribution < -0.4 is 10.1 Å². The van der Waals surface area contributed by atoms with Crippen LogP contribution >= 0.6 is 0 Å². The zero-order valence-electron chi connectivity index (χ0n) is 19.7. The van der Waals surface area contributed by atoms with Crippen LogP contribution in [0.25, 0.3) is 5.69 Å². The number of rotatable bonds is 6. The highest BCUT2D eigenvalue weighted by atomic mass is 19.3. The molecule has 1 N–H and O–H groups in total. The lowest BCUT2D eigenvalue weighted by Gasteiger charge is -2.56. The number of amides is 1. The lowest BCUT2D eigenvalue weighted by molar-refractivity contribution is -0.0493. The predicted molar refractivity (Wildman–Crippen MR) is 129 cm³/mol. The second-order valence-electron chi connectivity index (χ2n) is 10.7. The fourth-order valence-corrected chi connectivity index (χ4v) is 7.18. The van der Waals surface area contributed by atoms with Gasteiger partial charge in [-0.15, -0.1) is 0 Å². The van der Waals surface area contributed by atoms with Crippen molar-refractivity contribution in [2.75, 3.05) is 5.32 Å². The molecule has 0 spiro atoms. The summed E-state index contributed by atoms with van der Waals surface area (Å²) in [5.41, 5.74) is 3.22. The monoisotopic (exact) mass is 477 g/mol. The zero-order valence-corrected chi connectivity index (χ0v) is 19.7. The first-order chi connectivity index (χ1) is 16.9. The molecule has 1 heterocycles. The molecule has 4 aliphatic carbocycles. The number of carbonyl (C=O) groups excluding carboxylic acids is 1. The highest BCUT2D eigenvalue weighted by molar-refractivity contribution is 6.06. The minimum atomic E-state index is -2.98. The van der Waals surface area contributed by atoms with Gasteiger partial charge in [0.05, 0.1) is 22.6 Å². The van der Waals surface area contributed by atoms with Crippen molar-refractivity contribution in [3.63, 3.8) is 0 Å². The second kappa shape index (κ2) is 8.47. The van der Waals surface area contributed by atoms with Gasteiger partial charge in [-0.25, -0.2) is 4.68 Å². The summed E-state index contributed by atoms with van der Waals surface area (Å²) in [6, 6.07) is 14.6.